The molecule has 0 heterocycles. The molecule has 1 saturated carbocycles. The second-order valence-electron chi connectivity index (χ2n) is 5.93. The standard InChI is InChI=1S/C18H26N2O2/c1-3-20(15-9-5-4-6-10-15)18(22)13-19-17-12-8-7-11-16(17)14(2)21/h7-8,11-12,15,19H,3-6,9-10,13H2,1-2H3. The van der Waals surface area contributed by atoms with Crippen LogP contribution in [0.2, 0.25) is 0 Å². The summed E-state index contributed by atoms with van der Waals surface area (Å²) in [5, 5.41) is 3.14. The zero-order chi connectivity index (χ0) is 15.9. The van der Waals surface area contributed by atoms with E-state index >= 15 is 0 Å². The minimum Gasteiger partial charge on any atom is -0.376 e. The third-order valence-electron chi connectivity index (χ3n) is 4.41. The monoisotopic (exact) mass is 302 g/mol. The van der Waals surface area contributed by atoms with Gasteiger partial charge in [0.2, 0.25) is 5.91 Å². The van der Waals surface area contributed by atoms with Crippen molar-refractivity contribution in [1.82, 2.24) is 4.90 Å². The Labute approximate surface area is 132 Å². The molecule has 4 nitrogen and oxygen atoms in total. The first-order valence-corrected chi connectivity index (χ1v) is 8.26. The van der Waals surface area contributed by atoms with Crippen molar-refractivity contribution >= 4 is 17.4 Å². The predicted molar refractivity (Wildman–Crippen MR) is 89.2 cm³/mol. The average molecular weight is 302 g/mol. The van der Waals surface area contributed by atoms with E-state index in [-0.39, 0.29) is 18.2 Å². The first kappa shape index (κ1) is 16.5. The van der Waals surface area contributed by atoms with Gasteiger partial charge in [0, 0.05) is 23.8 Å². The number of ketones is 1. The molecule has 4 heteroatoms. The van der Waals surface area contributed by atoms with Crippen LogP contribution in [0.4, 0.5) is 5.69 Å². The molecular formula is C18H26N2O2. The highest BCUT2D eigenvalue weighted by molar-refractivity contribution is 6.00. The minimum atomic E-state index is 0.00942. The molecule has 1 aliphatic carbocycles. The Kier molecular flexibility index (Phi) is 5.99. The highest BCUT2D eigenvalue weighted by Gasteiger charge is 2.23. The number of benzene rings is 1. The molecule has 2 rings (SSSR count). The Morgan fingerprint density at radius 2 is 1.86 bits per heavy atom. The zero-order valence-corrected chi connectivity index (χ0v) is 13.6. The molecule has 0 saturated heterocycles. The van der Waals surface area contributed by atoms with Gasteiger partial charge in [-0.2, -0.15) is 0 Å². The molecule has 0 atom stereocenters. The first-order valence-electron chi connectivity index (χ1n) is 8.26. The van der Waals surface area contributed by atoms with Gasteiger partial charge in [0.05, 0.1) is 6.54 Å². The van der Waals surface area contributed by atoms with Gasteiger partial charge in [0.15, 0.2) is 5.78 Å². The largest absolute Gasteiger partial charge is 0.376 e. The van der Waals surface area contributed by atoms with Gasteiger partial charge >= 0.3 is 0 Å². The van der Waals surface area contributed by atoms with Crippen LogP contribution in [0.3, 0.4) is 0 Å². The molecule has 1 aliphatic rings. The van der Waals surface area contributed by atoms with Crippen LogP contribution >= 0.6 is 0 Å². The van der Waals surface area contributed by atoms with E-state index in [1.165, 1.54) is 19.3 Å². The van der Waals surface area contributed by atoms with Gasteiger partial charge in [-0.05, 0) is 38.8 Å². The van der Waals surface area contributed by atoms with Crippen molar-refractivity contribution < 1.29 is 9.59 Å². The van der Waals surface area contributed by atoms with Crippen LogP contribution in [0.25, 0.3) is 0 Å². The van der Waals surface area contributed by atoms with Crippen molar-refractivity contribution in [3.63, 3.8) is 0 Å². The summed E-state index contributed by atoms with van der Waals surface area (Å²) in [7, 11) is 0. The second kappa shape index (κ2) is 7.97. The molecule has 22 heavy (non-hydrogen) atoms. The smallest absolute Gasteiger partial charge is 0.242 e. The summed E-state index contributed by atoms with van der Waals surface area (Å²) >= 11 is 0. The van der Waals surface area contributed by atoms with Gasteiger partial charge in [-0.25, -0.2) is 0 Å². The number of nitrogens with one attached hydrogen (secondary N) is 1. The lowest BCUT2D eigenvalue weighted by Crippen LogP contribution is -2.44. The van der Waals surface area contributed by atoms with Crippen LogP contribution in [-0.2, 0) is 4.79 Å². The molecule has 0 unspecified atom stereocenters. The van der Waals surface area contributed by atoms with E-state index in [1.807, 2.05) is 30.0 Å². The Morgan fingerprint density at radius 3 is 2.50 bits per heavy atom. The van der Waals surface area contributed by atoms with Crippen molar-refractivity contribution in [3.05, 3.63) is 29.8 Å². The Hall–Kier alpha value is -1.84. The number of nitrogens with zero attached hydrogens (tertiary/aromatic N) is 1. The van der Waals surface area contributed by atoms with Crippen LogP contribution in [-0.4, -0.2) is 35.7 Å². The molecule has 0 aliphatic heterocycles. The van der Waals surface area contributed by atoms with Crippen molar-refractivity contribution in [2.75, 3.05) is 18.4 Å². The maximum absolute atomic E-state index is 12.5. The van der Waals surface area contributed by atoms with Gasteiger partial charge in [-0.3, -0.25) is 9.59 Å². The highest BCUT2D eigenvalue weighted by Crippen LogP contribution is 2.23. The predicted octanol–water partition coefficient (Wildman–Crippen LogP) is 3.48. The van der Waals surface area contributed by atoms with E-state index < -0.39 is 0 Å². The van der Waals surface area contributed by atoms with Crippen molar-refractivity contribution in [3.8, 4) is 0 Å². The summed E-state index contributed by atoms with van der Waals surface area (Å²) in [6.45, 7) is 4.58. The summed E-state index contributed by atoms with van der Waals surface area (Å²) in [4.78, 5) is 26.1. The third-order valence-corrected chi connectivity index (χ3v) is 4.41. The Morgan fingerprint density at radius 1 is 1.18 bits per heavy atom. The Balaban J connectivity index is 1.98. The fourth-order valence-corrected chi connectivity index (χ4v) is 3.25. The lowest BCUT2D eigenvalue weighted by Gasteiger charge is -2.33. The maximum Gasteiger partial charge on any atom is 0.242 e. The second-order valence-corrected chi connectivity index (χ2v) is 5.93. The van der Waals surface area contributed by atoms with Crippen molar-refractivity contribution in [2.45, 2.75) is 52.0 Å². The van der Waals surface area contributed by atoms with E-state index in [0.29, 0.717) is 11.6 Å². The number of hydrogen-bond acceptors (Lipinski definition) is 3. The molecule has 1 aromatic rings. The van der Waals surface area contributed by atoms with Gasteiger partial charge < -0.3 is 10.2 Å². The fraction of sp³-hybridized carbons (Fsp3) is 0.556. The normalized spacial score (nSPS) is 15.4. The zero-order valence-electron chi connectivity index (χ0n) is 13.6. The molecule has 0 aromatic heterocycles. The summed E-state index contributed by atoms with van der Waals surface area (Å²) in [6.07, 6.45) is 5.95. The van der Waals surface area contributed by atoms with Crippen molar-refractivity contribution in [2.24, 2.45) is 0 Å². The summed E-state index contributed by atoms with van der Waals surface area (Å²) in [5.74, 6) is 0.128. The lowest BCUT2D eigenvalue weighted by molar-refractivity contribution is -0.132. The first-order chi connectivity index (χ1) is 10.6. The summed E-state index contributed by atoms with van der Waals surface area (Å²) in [6, 6.07) is 7.73. The van der Waals surface area contributed by atoms with Crippen LogP contribution in [0.5, 0.6) is 0 Å². The van der Waals surface area contributed by atoms with E-state index in [1.54, 1.807) is 13.0 Å². The van der Waals surface area contributed by atoms with Gasteiger partial charge in [0.25, 0.3) is 0 Å². The van der Waals surface area contributed by atoms with Crippen LogP contribution in [0.1, 0.15) is 56.3 Å². The number of amides is 1. The Bertz CT molecular complexity index is 522. The number of carbonyl (C=O) groups excluding carboxylic acids is 2. The fourth-order valence-electron chi connectivity index (χ4n) is 3.25. The van der Waals surface area contributed by atoms with Gasteiger partial charge in [-0.1, -0.05) is 31.4 Å². The van der Waals surface area contributed by atoms with Crippen LogP contribution < -0.4 is 5.32 Å². The topological polar surface area (TPSA) is 49.4 Å². The number of carbonyl (C=O) groups is 2. The minimum absolute atomic E-state index is 0.00942. The molecule has 1 fully saturated rings. The molecule has 0 spiro atoms. The molecule has 120 valence electrons. The maximum atomic E-state index is 12.5. The summed E-state index contributed by atoms with van der Waals surface area (Å²) < 4.78 is 0. The molecule has 1 N–H and O–H groups in total. The van der Waals surface area contributed by atoms with Gasteiger partial charge in [0.1, 0.15) is 0 Å². The number of anilines is 1. The number of rotatable bonds is 6. The quantitative estimate of drug-likeness (QED) is 0.818. The molecular weight excluding hydrogens is 276 g/mol. The number of likely N-dealkylation sites (N-methyl/N-ethyl adjacent to an activating group) is 1. The van der Waals surface area contributed by atoms with Gasteiger partial charge in [-0.15, -0.1) is 0 Å². The molecule has 1 amide bonds. The number of hydrogen-bond donors (Lipinski definition) is 1. The van der Waals surface area contributed by atoms with E-state index in [9.17, 15) is 9.59 Å². The van der Waals surface area contributed by atoms with Crippen molar-refractivity contribution in [1.29, 1.82) is 0 Å². The third kappa shape index (κ3) is 4.09. The molecule has 0 radical (unpaired) electrons. The van der Waals surface area contributed by atoms with E-state index in [2.05, 4.69) is 5.32 Å². The highest BCUT2D eigenvalue weighted by atomic mass is 16.2. The number of para-hydroxylation sites is 1. The molecule has 1 aromatic carbocycles. The SMILES string of the molecule is CCN(C(=O)CNc1ccccc1C(C)=O)C1CCCCC1. The van der Waals surface area contributed by atoms with Crippen LogP contribution in [0, 0.1) is 0 Å². The summed E-state index contributed by atoms with van der Waals surface area (Å²) in [5.41, 5.74) is 1.37. The number of Topliss-reactive ketones (excluding diaryl/α,β-unsaturated/α-hetero) is 1. The average Bonchev–Trinajstić information content (AvgIpc) is 2.55. The van der Waals surface area contributed by atoms with E-state index in [0.717, 1.165) is 25.1 Å². The van der Waals surface area contributed by atoms with Crippen LogP contribution in [0.15, 0.2) is 24.3 Å². The lowest BCUT2D eigenvalue weighted by atomic mass is 9.94. The van der Waals surface area contributed by atoms with E-state index in [4.69, 9.17) is 0 Å². The molecule has 0 bridgehead atoms.